The number of sulfone groups is 1. The van der Waals surface area contributed by atoms with Crippen molar-refractivity contribution in [2.24, 2.45) is 5.92 Å². The topological polar surface area (TPSA) is 63.7 Å². The highest BCUT2D eigenvalue weighted by molar-refractivity contribution is 9.10. The van der Waals surface area contributed by atoms with Crippen molar-refractivity contribution < 1.29 is 17.9 Å². The summed E-state index contributed by atoms with van der Waals surface area (Å²) in [6, 6.07) is 15.4. The molecule has 1 fully saturated rings. The molecule has 2 aromatic carbocycles. The Balaban J connectivity index is 1.62. The van der Waals surface area contributed by atoms with Crippen LogP contribution in [0.1, 0.15) is 20.3 Å². The smallest absolute Gasteiger partial charge is 0.260 e. The quantitative estimate of drug-likeness (QED) is 0.597. The first kappa shape index (κ1) is 21.8. The van der Waals surface area contributed by atoms with Gasteiger partial charge in [0.05, 0.1) is 11.5 Å². The molecule has 1 saturated heterocycles. The molecule has 1 atom stereocenters. The molecular formula is C22H26BrNO4S. The minimum Gasteiger partial charge on any atom is -0.484 e. The summed E-state index contributed by atoms with van der Waals surface area (Å²) in [5, 5.41) is 0. The Labute approximate surface area is 181 Å². The minimum atomic E-state index is -3.05. The van der Waals surface area contributed by atoms with Gasteiger partial charge in [0.2, 0.25) is 0 Å². The van der Waals surface area contributed by atoms with Gasteiger partial charge in [0, 0.05) is 17.1 Å². The molecule has 1 heterocycles. The predicted octanol–water partition coefficient (Wildman–Crippen LogP) is 4.17. The molecule has 0 radical (unpaired) electrons. The molecule has 3 rings (SSSR count). The zero-order chi connectivity index (χ0) is 21.0. The molecular weight excluding hydrogens is 454 g/mol. The normalized spacial score (nSPS) is 18.0. The number of benzene rings is 2. The minimum absolute atomic E-state index is 0.0490. The Bertz CT molecular complexity index is 940. The molecule has 2 aromatic rings. The van der Waals surface area contributed by atoms with Gasteiger partial charge in [-0.05, 0) is 47.7 Å². The third-order valence-electron chi connectivity index (χ3n) is 4.93. The summed E-state index contributed by atoms with van der Waals surface area (Å²) in [6.07, 6.45) is 0.503. The second kappa shape index (κ2) is 9.30. The monoisotopic (exact) mass is 479 g/mol. The second-order valence-electron chi connectivity index (χ2n) is 7.82. The Morgan fingerprint density at radius 1 is 1.10 bits per heavy atom. The first-order valence-corrected chi connectivity index (χ1v) is 12.3. The summed E-state index contributed by atoms with van der Waals surface area (Å²) in [5.41, 5.74) is 2.16. The van der Waals surface area contributed by atoms with Crippen LogP contribution in [0.25, 0.3) is 11.1 Å². The third kappa shape index (κ3) is 6.06. The van der Waals surface area contributed by atoms with Crippen molar-refractivity contribution in [1.82, 2.24) is 4.90 Å². The summed E-state index contributed by atoms with van der Waals surface area (Å²) in [6.45, 7) is 4.47. The number of nitrogens with zero attached hydrogens (tertiary/aromatic N) is 1. The van der Waals surface area contributed by atoms with Gasteiger partial charge in [-0.3, -0.25) is 4.79 Å². The molecule has 5 nitrogen and oxygen atoms in total. The molecule has 0 N–H and O–H groups in total. The van der Waals surface area contributed by atoms with Crippen LogP contribution in [0.3, 0.4) is 0 Å². The molecule has 1 aliphatic rings. The second-order valence-corrected chi connectivity index (χ2v) is 11.0. The van der Waals surface area contributed by atoms with Crippen molar-refractivity contribution in [3.63, 3.8) is 0 Å². The molecule has 0 spiro atoms. The van der Waals surface area contributed by atoms with Gasteiger partial charge in [-0.1, -0.05) is 54.0 Å². The first-order valence-electron chi connectivity index (χ1n) is 9.72. The van der Waals surface area contributed by atoms with Gasteiger partial charge in [-0.25, -0.2) is 8.42 Å². The molecule has 29 heavy (non-hydrogen) atoms. The number of ether oxygens (including phenoxy) is 1. The SMILES string of the molecule is CC(C)CN(C(=O)COc1ccc(-c2ccc(Br)cc2)cc1)C1CCS(=O)(=O)C1. The molecule has 0 aliphatic carbocycles. The number of rotatable bonds is 7. The molecule has 156 valence electrons. The van der Waals surface area contributed by atoms with E-state index in [9.17, 15) is 13.2 Å². The van der Waals surface area contributed by atoms with Crippen LogP contribution in [0.2, 0.25) is 0 Å². The zero-order valence-electron chi connectivity index (χ0n) is 16.7. The number of halogens is 1. The standard InChI is InChI=1S/C22H26BrNO4S/c1-16(2)13-24(20-11-12-29(26,27)15-20)22(25)14-28-21-9-5-18(6-10-21)17-3-7-19(23)8-4-17/h3-10,16,20H,11-15H2,1-2H3. The largest absolute Gasteiger partial charge is 0.484 e. The van der Waals surface area contributed by atoms with E-state index >= 15 is 0 Å². The number of carbonyl (C=O) groups is 1. The van der Waals surface area contributed by atoms with Crippen LogP contribution in [-0.4, -0.2) is 49.9 Å². The van der Waals surface area contributed by atoms with Crippen LogP contribution < -0.4 is 4.74 Å². The lowest BCUT2D eigenvalue weighted by molar-refractivity contribution is -0.135. The van der Waals surface area contributed by atoms with Gasteiger partial charge in [0.25, 0.3) is 5.91 Å². The average molecular weight is 480 g/mol. The zero-order valence-corrected chi connectivity index (χ0v) is 19.1. The molecule has 1 unspecified atom stereocenters. The predicted molar refractivity (Wildman–Crippen MR) is 119 cm³/mol. The van der Waals surface area contributed by atoms with Gasteiger partial charge < -0.3 is 9.64 Å². The number of hydrogen-bond acceptors (Lipinski definition) is 4. The molecule has 1 amide bonds. The summed E-state index contributed by atoms with van der Waals surface area (Å²) >= 11 is 3.43. The fourth-order valence-corrected chi connectivity index (χ4v) is 5.48. The van der Waals surface area contributed by atoms with E-state index in [1.165, 1.54) is 0 Å². The van der Waals surface area contributed by atoms with E-state index in [0.29, 0.717) is 18.7 Å². The molecule has 7 heteroatoms. The van der Waals surface area contributed by atoms with Crippen LogP contribution in [0, 0.1) is 5.92 Å². The number of hydrogen-bond donors (Lipinski definition) is 0. The van der Waals surface area contributed by atoms with Gasteiger partial charge in [-0.15, -0.1) is 0 Å². The highest BCUT2D eigenvalue weighted by atomic mass is 79.9. The fourth-order valence-electron chi connectivity index (χ4n) is 3.48. The van der Waals surface area contributed by atoms with E-state index in [1.54, 1.807) is 4.90 Å². The maximum Gasteiger partial charge on any atom is 0.260 e. The van der Waals surface area contributed by atoms with E-state index in [0.717, 1.165) is 15.6 Å². The Morgan fingerprint density at radius 3 is 2.21 bits per heavy atom. The summed E-state index contributed by atoms with van der Waals surface area (Å²) in [5.74, 6) is 0.902. The number of carbonyl (C=O) groups excluding carboxylic acids is 1. The van der Waals surface area contributed by atoms with E-state index in [2.05, 4.69) is 15.9 Å². The maximum atomic E-state index is 12.8. The highest BCUT2D eigenvalue weighted by Gasteiger charge is 2.34. The lowest BCUT2D eigenvalue weighted by Crippen LogP contribution is -2.45. The molecule has 0 saturated carbocycles. The Hall–Kier alpha value is -1.86. The molecule has 1 aliphatic heterocycles. The average Bonchev–Trinajstić information content (AvgIpc) is 3.04. The van der Waals surface area contributed by atoms with E-state index in [1.807, 2.05) is 62.4 Å². The van der Waals surface area contributed by atoms with E-state index in [4.69, 9.17) is 4.74 Å². The number of amides is 1. The van der Waals surface area contributed by atoms with E-state index < -0.39 is 9.84 Å². The van der Waals surface area contributed by atoms with Crippen molar-refractivity contribution in [2.45, 2.75) is 26.3 Å². The lowest BCUT2D eigenvalue weighted by Gasteiger charge is -2.29. The maximum absolute atomic E-state index is 12.8. The Kier molecular flexibility index (Phi) is 7.01. The summed E-state index contributed by atoms with van der Waals surface area (Å²) in [4.78, 5) is 14.5. The van der Waals surface area contributed by atoms with Crippen LogP contribution in [-0.2, 0) is 14.6 Å². The van der Waals surface area contributed by atoms with Crippen molar-refractivity contribution in [3.05, 3.63) is 53.0 Å². The lowest BCUT2D eigenvalue weighted by atomic mass is 10.1. The summed E-state index contributed by atoms with van der Waals surface area (Å²) < 4.78 is 30.4. The van der Waals surface area contributed by atoms with E-state index in [-0.39, 0.29) is 36.0 Å². The van der Waals surface area contributed by atoms with Gasteiger partial charge in [0.1, 0.15) is 5.75 Å². The van der Waals surface area contributed by atoms with Crippen molar-refractivity contribution >= 4 is 31.7 Å². The first-order chi connectivity index (χ1) is 13.7. The van der Waals surface area contributed by atoms with Crippen LogP contribution >= 0.6 is 15.9 Å². The van der Waals surface area contributed by atoms with Gasteiger partial charge in [0.15, 0.2) is 16.4 Å². The van der Waals surface area contributed by atoms with Crippen molar-refractivity contribution in [2.75, 3.05) is 24.7 Å². The third-order valence-corrected chi connectivity index (χ3v) is 7.20. The molecule has 0 aromatic heterocycles. The highest BCUT2D eigenvalue weighted by Crippen LogP contribution is 2.24. The van der Waals surface area contributed by atoms with Gasteiger partial charge in [-0.2, -0.15) is 0 Å². The van der Waals surface area contributed by atoms with Gasteiger partial charge >= 0.3 is 0 Å². The summed E-state index contributed by atoms with van der Waals surface area (Å²) in [7, 11) is -3.05. The van der Waals surface area contributed by atoms with Crippen molar-refractivity contribution in [1.29, 1.82) is 0 Å². The molecule has 0 bridgehead atoms. The van der Waals surface area contributed by atoms with Crippen molar-refractivity contribution in [3.8, 4) is 16.9 Å². The van der Waals surface area contributed by atoms with Crippen LogP contribution in [0.4, 0.5) is 0 Å². The Morgan fingerprint density at radius 2 is 1.69 bits per heavy atom. The van der Waals surface area contributed by atoms with Crippen LogP contribution in [0.15, 0.2) is 53.0 Å². The fraction of sp³-hybridized carbons (Fsp3) is 0.409. The van der Waals surface area contributed by atoms with Crippen LogP contribution in [0.5, 0.6) is 5.75 Å².